The molecule has 2 fully saturated rings. The Hall–Kier alpha value is -1.67. The number of carboxylic acids is 1. The number of nitrogens with two attached hydrogens (primary N) is 1. The van der Waals surface area contributed by atoms with Crippen molar-refractivity contribution >= 4 is 17.8 Å². The second-order valence-corrected chi connectivity index (χ2v) is 5.17. The van der Waals surface area contributed by atoms with Crippen LogP contribution in [-0.2, 0) is 19.1 Å². The van der Waals surface area contributed by atoms with Gasteiger partial charge in [0, 0.05) is 26.3 Å². The molecule has 2 amide bonds. The Labute approximate surface area is 116 Å². The van der Waals surface area contributed by atoms with Crippen LogP contribution in [0.4, 0.5) is 0 Å². The molecule has 2 rings (SSSR count). The lowest BCUT2D eigenvalue weighted by Crippen LogP contribution is -2.65. The fraction of sp³-hybridized carbons (Fsp3) is 0.750. The zero-order valence-electron chi connectivity index (χ0n) is 11.1. The lowest BCUT2D eigenvalue weighted by Gasteiger charge is -2.41. The standard InChI is InChI=1S/C12H19N3O5/c13-12(1-5-20-6-2-12)11(19)15-4-3-14-10(18)8(15)7-9(16)17/h8H,1-7,13H2,(H,14,18)(H,16,17). The van der Waals surface area contributed by atoms with Gasteiger partial charge in [0.1, 0.15) is 6.04 Å². The maximum absolute atomic E-state index is 12.6. The van der Waals surface area contributed by atoms with E-state index >= 15 is 0 Å². The molecular weight excluding hydrogens is 266 g/mol. The van der Waals surface area contributed by atoms with E-state index in [-0.39, 0.29) is 12.5 Å². The molecule has 0 spiro atoms. The lowest BCUT2D eigenvalue weighted by atomic mass is 9.88. The molecule has 2 saturated heterocycles. The molecule has 0 aromatic carbocycles. The van der Waals surface area contributed by atoms with E-state index < -0.39 is 29.9 Å². The van der Waals surface area contributed by atoms with Crippen LogP contribution in [0.3, 0.4) is 0 Å². The lowest BCUT2D eigenvalue weighted by molar-refractivity contribution is -0.153. The number of carboxylic acid groups (broad SMARTS) is 1. The van der Waals surface area contributed by atoms with Crippen molar-refractivity contribution in [3.8, 4) is 0 Å². The molecule has 0 aromatic heterocycles. The highest BCUT2D eigenvalue weighted by atomic mass is 16.5. The van der Waals surface area contributed by atoms with Gasteiger partial charge in [-0.2, -0.15) is 0 Å². The normalized spacial score (nSPS) is 25.9. The third kappa shape index (κ3) is 2.91. The minimum Gasteiger partial charge on any atom is -0.481 e. The van der Waals surface area contributed by atoms with Crippen LogP contribution in [0.15, 0.2) is 0 Å². The number of piperazine rings is 1. The van der Waals surface area contributed by atoms with E-state index in [1.807, 2.05) is 0 Å². The van der Waals surface area contributed by atoms with Gasteiger partial charge in [0.15, 0.2) is 0 Å². The van der Waals surface area contributed by atoms with Gasteiger partial charge in [0.2, 0.25) is 11.8 Å². The molecule has 0 bridgehead atoms. The second-order valence-electron chi connectivity index (χ2n) is 5.17. The summed E-state index contributed by atoms with van der Waals surface area (Å²) in [6.07, 6.45) is 0.345. The largest absolute Gasteiger partial charge is 0.481 e. The summed E-state index contributed by atoms with van der Waals surface area (Å²) in [4.78, 5) is 36.6. The van der Waals surface area contributed by atoms with Gasteiger partial charge in [-0.15, -0.1) is 0 Å². The van der Waals surface area contributed by atoms with Crippen molar-refractivity contribution in [1.82, 2.24) is 10.2 Å². The summed E-state index contributed by atoms with van der Waals surface area (Å²) >= 11 is 0. The van der Waals surface area contributed by atoms with Crippen molar-refractivity contribution in [3.63, 3.8) is 0 Å². The third-order valence-corrected chi connectivity index (χ3v) is 3.77. The summed E-state index contributed by atoms with van der Waals surface area (Å²) in [6, 6.07) is -0.989. The molecule has 0 saturated carbocycles. The van der Waals surface area contributed by atoms with Crippen molar-refractivity contribution in [3.05, 3.63) is 0 Å². The van der Waals surface area contributed by atoms with Gasteiger partial charge < -0.3 is 25.8 Å². The number of ether oxygens (including phenoxy) is 1. The Kier molecular flexibility index (Phi) is 4.24. The van der Waals surface area contributed by atoms with E-state index in [0.717, 1.165) is 0 Å². The number of amides is 2. The molecule has 0 radical (unpaired) electrons. The number of hydrogen-bond acceptors (Lipinski definition) is 5. The summed E-state index contributed by atoms with van der Waals surface area (Å²) in [5, 5.41) is 11.5. The average Bonchev–Trinajstić information content (AvgIpc) is 2.41. The summed E-state index contributed by atoms with van der Waals surface area (Å²) in [6.45, 7) is 1.38. The Bertz CT molecular complexity index is 419. The van der Waals surface area contributed by atoms with E-state index in [0.29, 0.717) is 32.6 Å². The van der Waals surface area contributed by atoms with Crippen molar-refractivity contribution in [2.24, 2.45) is 5.73 Å². The zero-order chi connectivity index (χ0) is 14.8. The van der Waals surface area contributed by atoms with E-state index in [1.165, 1.54) is 4.90 Å². The molecule has 112 valence electrons. The van der Waals surface area contributed by atoms with Gasteiger partial charge in [-0.3, -0.25) is 14.4 Å². The van der Waals surface area contributed by atoms with Crippen molar-refractivity contribution in [2.45, 2.75) is 30.8 Å². The third-order valence-electron chi connectivity index (χ3n) is 3.77. The van der Waals surface area contributed by atoms with Gasteiger partial charge in [0.05, 0.1) is 12.0 Å². The minimum atomic E-state index is -1.12. The number of carbonyl (C=O) groups is 3. The topological polar surface area (TPSA) is 122 Å². The highest BCUT2D eigenvalue weighted by Crippen LogP contribution is 2.23. The number of aliphatic carboxylic acids is 1. The Morgan fingerprint density at radius 2 is 2.10 bits per heavy atom. The maximum Gasteiger partial charge on any atom is 0.305 e. The second kappa shape index (κ2) is 5.76. The van der Waals surface area contributed by atoms with Crippen LogP contribution in [0.1, 0.15) is 19.3 Å². The highest BCUT2D eigenvalue weighted by molar-refractivity contribution is 5.94. The monoisotopic (exact) mass is 285 g/mol. The Morgan fingerprint density at radius 1 is 1.45 bits per heavy atom. The van der Waals surface area contributed by atoms with E-state index in [1.54, 1.807) is 0 Å². The van der Waals surface area contributed by atoms with Crippen molar-refractivity contribution in [2.75, 3.05) is 26.3 Å². The van der Waals surface area contributed by atoms with Crippen LogP contribution >= 0.6 is 0 Å². The van der Waals surface area contributed by atoms with Crippen LogP contribution in [0.2, 0.25) is 0 Å². The molecule has 8 heteroatoms. The first kappa shape index (κ1) is 14.7. The number of nitrogens with one attached hydrogen (secondary N) is 1. The van der Waals surface area contributed by atoms with Gasteiger partial charge in [-0.1, -0.05) is 0 Å². The average molecular weight is 285 g/mol. The van der Waals surface area contributed by atoms with Crippen LogP contribution < -0.4 is 11.1 Å². The number of nitrogens with zero attached hydrogens (tertiary/aromatic N) is 1. The molecule has 0 aromatic rings. The predicted molar refractivity (Wildman–Crippen MR) is 67.7 cm³/mol. The number of carbonyl (C=O) groups excluding carboxylic acids is 2. The number of hydrogen-bond donors (Lipinski definition) is 3. The summed E-state index contributed by atoms with van der Waals surface area (Å²) in [5.74, 6) is -1.92. The van der Waals surface area contributed by atoms with E-state index in [2.05, 4.69) is 5.32 Å². The van der Waals surface area contributed by atoms with Gasteiger partial charge in [0.25, 0.3) is 0 Å². The SMILES string of the molecule is NC1(C(=O)N2CCNC(=O)C2CC(=O)O)CCOCC1. The van der Waals surface area contributed by atoms with Gasteiger partial charge in [-0.05, 0) is 12.8 Å². The molecule has 2 aliphatic heterocycles. The first-order valence-electron chi connectivity index (χ1n) is 6.61. The molecule has 1 atom stereocenters. The molecule has 1 unspecified atom stereocenters. The van der Waals surface area contributed by atoms with Crippen LogP contribution in [0.5, 0.6) is 0 Å². The Balaban J connectivity index is 2.16. The zero-order valence-corrected chi connectivity index (χ0v) is 11.1. The first-order valence-corrected chi connectivity index (χ1v) is 6.61. The number of rotatable bonds is 3. The van der Waals surface area contributed by atoms with E-state index in [9.17, 15) is 14.4 Å². The summed E-state index contributed by atoms with van der Waals surface area (Å²) < 4.78 is 5.19. The maximum atomic E-state index is 12.6. The smallest absolute Gasteiger partial charge is 0.305 e. The van der Waals surface area contributed by atoms with E-state index in [4.69, 9.17) is 15.6 Å². The minimum absolute atomic E-state index is 0.280. The van der Waals surface area contributed by atoms with Crippen molar-refractivity contribution in [1.29, 1.82) is 0 Å². The predicted octanol–water partition coefficient (Wildman–Crippen LogP) is -1.70. The molecule has 0 aliphatic carbocycles. The molecule has 8 nitrogen and oxygen atoms in total. The molecule has 2 aliphatic rings. The molecular formula is C12H19N3O5. The van der Waals surface area contributed by atoms with Crippen molar-refractivity contribution < 1.29 is 24.2 Å². The Morgan fingerprint density at radius 3 is 2.70 bits per heavy atom. The molecule has 2 heterocycles. The highest BCUT2D eigenvalue weighted by Gasteiger charge is 2.44. The summed E-state index contributed by atoms with van der Waals surface area (Å²) in [7, 11) is 0. The summed E-state index contributed by atoms with van der Waals surface area (Å²) in [5.41, 5.74) is 5.06. The van der Waals surface area contributed by atoms with Gasteiger partial charge in [-0.25, -0.2) is 0 Å². The van der Waals surface area contributed by atoms with Gasteiger partial charge >= 0.3 is 5.97 Å². The molecule has 4 N–H and O–H groups in total. The van der Waals surface area contributed by atoms with Crippen LogP contribution in [0, 0.1) is 0 Å². The van der Waals surface area contributed by atoms with Crippen LogP contribution in [-0.4, -0.2) is 65.7 Å². The fourth-order valence-electron chi connectivity index (χ4n) is 2.56. The fourth-order valence-corrected chi connectivity index (χ4v) is 2.56. The quantitative estimate of drug-likeness (QED) is 0.568. The first-order chi connectivity index (χ1) is 9.44. The molecule has 20 heavy (non-hydrogen) atoms. The van der Waals surface area contributed by atoms with Crippen LogP contribution in [0.25, 0.3) is 0 Å².